The highest BCUT2D eigenvalue weighted by Crippen LogP contribution is 2.26. The zero-order valence-corrected chi connectivity index (χ0v) is 11.3. The molecule has 1 rings (SSSR count). The van der Waals surface area contributed by atoms with Gasteiger partial charge in [-0.25, -0.2) is 8.78 Å². The monoisotopic (exact) mass is 344 g/mol. The largest absolute Gasteiger partial charge is 0.389 e. The van der Waals surface area contributed by atoms with Crippen molar-refractivity contribution in [1.82, 2.24) is 0 Å². The zero-order chi connectivity index (χ0) is 13.9. The first kappa shape index (κ1) is 15.2. The Balaban J connectivity index is 2.90. The van der Waals surface area contributed by atoms with Gasteiger partial charge in [0, 0.05) is 15.7 Å². The molecular weight excluding hydrogens is 336 g/mol. The summed E-state index contributed by atoms with van der Waals surface area (Å²) in [6, 6.07) is 4.57. The molecule has 0 fully saturated rings. The maximum Gasteiger partial charge on any atom is 0.324 e. The summed E-state index contributed by atoms with van der Waals surface area (Å²) in [6.07, 6.45) is -3.73. The molecule has 3 N–H and O–H groups in total. The van der Waals surface area contributed by atoms with E-state index >= 15 is 0 Å². The molecule has 0 saturated heterocycles. The Bertz CT molecular complexity index is 454. The predicted octanol–water partition coefficient (Wildman–Crippen LogP) is 3.40. The Morgan fingerprint density at radius 2 is 2.06 bits per heavy atom. The second-order valence-corrected chi connectivity index (χ2v) is 4.82. The van der Waals surface area contributed by atoms with Gasteiger partial charge in [-0.05, 0) is 18.2 Å². The van der Waals surface area contributed by atoms with E-state index < -0.39 is 18.9 Å². The van der Waals surface area contributed by atoms with Gasteiger partial charge in [-0.1, -0.05) is 28.1 Å². The number of hydrogen-bond donors (Lipinski definition) is 2. The van der Waals surface area contributed by atoms with Crippen LogP contribution in [-0.4, -0.2) is 23.9 Å². The molecule has 1 aromatic rings. The van der Waals surface area contributed by atoms with E-state index in [0.717, 1.165) is 0 Å². The minimum Gasteiger partial charge on any atom is -0.389 e. The van der Waals surface area contributed by atoms with Crippen LogP contribution in [0.5, 0.6) is 0 Å². The summed E-state index contributed by atoms with van der Waals surface area (Å²) in [7, 11) is 0. The van der Waals surface area contributed by atoms with Gasteiger partial charge < -0.3 is 11.1 Å². The third kappa shape index (κ3) is 3.81. The average molecular weight is 345 g/mol. The summed E-state index contributed by atoms with van der Waals surface area (Å²) >= 11 is 7.87. The van der Waals surface area contributed by atoms with Crippen LogP contribution in [0.15, 0.2) is 22.7 Å². The topological polar surface area (TPSA) is 38.0 Å². The quantitative estimate of drug-likeness (QED) is 0.635. The van der Waals surface area contributed by atoms with E-state index in [2.05, 4.69) is 21.2 Å². The van der Waals surface area contributed by atoms with Crippen molar-refractivity contribution in [3.05, 3.63) is 28.2 Å². The molecule has 1 aromatic carbocycles. The molecular formula is C10H9BrF4N2S. The van der Waals surface area contributed by atoms with Crippen LogP contribution in [0.3, 0.4) is 0 Å². The van der Waals surface area contributed by atoms with Crippen LogP contribution in [-0.2, 0) is 0 Å². The fraction of sp³-hybridized carbons (Fsp3) is 0.300. The van der Waals surface area contributed by atoms with Crippen molar-refractivity contribution in [3.63, 3.8) is 0 Å². The van der Waals surface area contributed by atoms with Crippen LogP contribution in [0.25, 0.3) is 0 Å². The van der Waals surface area contributed by atoms with E-state index in [9.17, 15) is 17.6 Å². The van der Waals surface area contributed by atoms with Gasteiger partial charge in [0.15, 0.2) is 0 Å². The normalized spacial score (nSPS) is 11.7. The number of alkyl halides is 4. The average Bonchev–Trinajstić information content (AvgIpc) is 2.26. The molecule has 0 aliphatic rings. The third-order valence-electron chi connectivity index (χ3n) is 2.08. The first-order valence-corrected chi connectivity index (χ1v) is 5.93. The Labute approximate surface area is 115 Å². The van der Waals surface area contributed by atoms with Crippen LogP contribution in [0, 0.1) is 0 Å². The molecule has 0 atom stereocenters. The van der Waals surface area contributed by atoms with Crippen LogP contribution in [0.2, 0.25) is 0 Å². The van der Waals surface area contributed by atoms with Crippen molar-refractivity contribution in [2.24, 2.45) is 5.73 Å². The van der Waals surface area contributed by atoms with Gasteiger partial charge in [-0.2, -0.15) is 8.78 Å². The summed E-state index contributed by atoms with van der Waals surface area (Å²) in [5.41, 5.74) is 5.90. The zero-order valence-electron chi connectivity index (χ0n) is 8.89. The molecule has 0 spiro atoms. The number of nitrogens with two attached hydrogens (primary N) is 1. The van der Waals surface area contributed by atoms with E-state index in [0.29, 0.717) is 10.0 Å². The van der Waals surface area contributed by atoms with Gasteiger partial charge in [0.05, 0.1) is 6.54 Å². The summed E-state index contributed by atoms with van der Waals surface area (Å²) in [6.45, 7) is -1.20. The fourth-order valence-electron chi connectivity index (χ4n) is 1.17. The molecule has 8 heteroatoms. The van der Waals surface area contributed by atoms with Crippen molar-refractivity contribution in [3.8, 4) is 0 Å². The van der Waals surface area contributed by atoms with Crippen LogP contribution < -0.4 is 11.1 Å². The lowest BCUT2D eigenvalue weighted by atomic mass is 10.1. The summed E-state index contributed by atoms with van der Waals surface area (Å²) in [5.74, 6) is -4.12. The van der Waals surface area contributed by atoms with Crippen molar-refractivity contribution in [2.45, 2.75) is 12.3 Å². The number of hydrogen-bond acceptors (Lipinski definition) is 2. The van der Waals surface area contributed by atoms with E-state index in [1.165, 1.54) is 12.1 Å². The standard InChI is InChI=1S/C10H9BrF4N2S/c11-5-1-2-6(8(16)18)7(3-5)17-4-10(14,15)9(12)13/h1-3,9,17H,4H2,(H2,16,18). The number of anilines is 1. The van der Waals surface area contributed by atoms with E-state index in [-0.39, 0.29) is 10.7 Å². The predicted molar refractivity (Wildman–Crippen MR) is 69.5 cm³/mol. The minimum absolute atomic E-state index is 0.00892. The van der Waals surface area contributed by atoms with Crippen molar-refractivity contribution >= 4 is 38.8 Å². The highest BCUT2D eigenvalue weighted by atomic mass is 79.9. The molecule has 0 unspecified atom stereocenters. The summed E-state index contributed by atoms with van der Waals surface area (Å²) < 4.78 is 50.2. The Kier molecular flexibility index (Phi) is 4.92. The summed E-state index contributed by atoms with van der Waals surface area (Å²) in [5, 5.41) is 2.23. The van der Waals surface area contributed by atoms with E-state index in [1.807, 2.05) is 0 Å². The first-order valence-electron chi connectivity index (χ1n) is 4.73. The molecule has 100 valence electrons. The number of rotatable bonds is 5. The van der Waals surface area contributed by atoms with Gasteiger partial charge in [0.1, 0.15) is 4.99 Å². The van der Waals surface area contributed by atoms with Gasteiger partial charge in [0.2, 0.25) is 0 Å². The van der Waals surface area contributed by atoms with Crippen LogP contribution >= 0.6 is 28.1 Å². The smallest absolute Gasteiger partial charge is 0.324 e. The molecule has 18 heavy (non-hydrogen) atoms. The maximum atomic E-state index is 12.8. The first-order chi connectivity index (χ1) is 8.24. The lowest BCUT2D eigenvalue weighted by Gasteiger charge is -2.18. The molecule has 0 amide bonds. The second kappa shape index (κ2) is 5.83. The minimum atomic E-state index is -4.12. The van der Waals surface area contributed by atoms with Gasteiger partial charge in [-0.3, -0.25) is 0 Å². The Morgan fingerprint density at radius 1 is 1.44 bits per heavy atom. The fourth-order valence-corrected chi connectivity index (χ4v) is 1.71. The van der Waals surface area contributed by atoms with Crippen molar-refractivity contribution in [2.75, 3.05) is 11.9 Å². The second-order valence-electron chi connectivity index (χ2n) is 3.47. The van der Waals surface area contributed by atoms with Gasteiger partial charge in [-0.15, -0.1) is 0 Å². The number of thiocarbonyl (C=S) groups is 1. The lowest BCUT2D eigenvalue weighted by molar-refractivity contribution is -0.117. The number of nitrogens with one attached hydrogen (secondary N) is 1. The molecule has 0 aliphatic heterocycles. The molecule has 0 aliphatic carbocycles. The summed E-state index contributed by atoms with van der Waals surface area (Å²) in [4.78, 5) is -0.00892. The van der Waals surface area contributed by atoms with Crippen LogP contribution in [0.4, 0.5) is 23.2 Å². The highest BCUT2D eigenvalue weighted by molar-refractivity contribution is 9.10. The Morgan fingerprint density at radius 3 is 2.56 bits per heavy atom. The molecule has 0 saturated carbocycles. The SMILES string of the molecule is NC(=S)c1ccc(Br)cc1NCC(F)(F)C(F)F. The molecule has 2 nitrogen and oxygen atoms in total. The van der Waals surface area contributed by atoms with Crippen molar-refractivity contribution in [1.29, 1.82) is 0 Å². The van der Waals surface area contributed by atoms with E-state index in [4.69, 9.17) is 18.0 Å². The molecule has 0 aromatic heterocycles. The van der Waals surface area contributed by atoms with Gasteiger partial charge >= 0.3 is 12.3 Å². The molecule has 0 radical (unpaired) electrons. The maximum absolute atomic E-state index is 12.8. The third-order valence-corrected chi connectivity index (χ3v) is 2.79. The lowest BCUT2D eigenvalue weighted by Crippen LogP contribution is -2.35. The van der Waals surface area contributed by atoms with Crippen LogP contribution in [0.1, 0.15) is 5.56 Å². The Hall–Kier alpha value is -0.890. The van der Waals surface area contributed by atoms with E-state index in [1.54, 1.807) is 6.07 Å². The number of halogens is 5. The highest BCUT2D eigenvalue weighted by Gasteiger charge is 2.40. The molecule has 0 heterocycles. The van der Waals surface area contributed by atoms with Crippen molar-refractivity contribution < 1.29 is 17.6 Å². The molecule has 0 bridgehead atoms. The van der Waals surface area contributed by atoms with Gasteiger partial charge in [0.25, 0.3) is 0 Å². The number of benzene rings is 1.